The van der Waals surface area contributed by atoms with Crippen LogP contribution in [0.15, 0.2) is 53.5 Å². The fourth-order valence-electron chi connectivity index (χ4n) is 3.58. The molecule has 0 spiro atoms. The van der Waals surface area contributed by atoms with Crippen LogP contribution in [0.1, 0.15) is 28.9 Å². The van der Waals surface area contributed by atoms with Crippen LogP contribution >= 0.6 is 0 Å². The van der Waals surface area contributed by atoms with Gasteiger partial charge in [0.1, 0.15) is 11.5 Å². The lowest BCUT2D eigenvalue weighted by molar-refractivity contribution is 0.0600. The summed E-state index contributed by atoms with van der Waals surface area (Å²) >= 11 is 0. The Balaban J connectivity index is 1.84. The maximum Gasteiger partial charge on any atom is 0.339 e. The summed E-state index contributed by atoms with van der Waals surface area (Å²) in [6.07, 6.45) is 1.48. The van der Waals surface area contributed by atoms with Crippen LogP contribution in [-0.2, 0) is 9.47 Å². The van der Waals surface area contributed by atoms with Gasteiger partial charge in [-0.3, -0.25) is 9.20 Å². The number of pyridine rings is 1. The van der Waals surface area contributed by atoms with Crippen LogP contribution in [0.3, 0.4) is 0 Å². The van der Waals surface area contributed by atoms with E-state index in [-0.39, 0.29) is 11.6 Å². The minimum atomic E-state index is -0.505. The van der Waals surface area contributed by atoms with E-state index >= 15 is 0 Å². The Labute approximate surface area is 174 Å². The van der Waals surface area contributed by atoms with Crippen LogP contribution in [0.5, 0.6) is 0 Å². The van der Waals surface area contributed by atoms with E-state index in [2.05, 4.69) is 5.32 Å². The van der Waals surface area contributed by atoms with Gasteiger partial charge in [0.25, 0.3) is 5.56 Å². The highest BCUT2D eigenvalue weighted by molar-refractivity contribution is 5.90. The topological polar surface area (TPSA) is 85.2 Å². The maximum absolute atomic E-state index is 12.9. The standard InChI is InChI=1S/C22H24N4O4/c1-15(23-17-6-4-3-5-7-17)18-12-16(22(28)29-2)14-26-20(27)13-19(24-21(18)26)25-8-10-30-11-9-25/h3-7,12-15,23H,8-11H2,1-2H3. The number of carbonyl (C=O) groups is 1. The van der Waals surface area contributed by atoms with E-state index in [1.807, 2.05) is 42.2 Å². The molecule has 2 aromatic heterocycles. The molecule has 0 saturated carbocycles. The van der Waals surface area contributed by atoms with E-state index in [4.69, 9.17) is 14.5 Å². The van der Waals surface area contributed by atoms with Gasteiger partial charge >= 0.3 is 5.97 Å². The highest BCUT2D eigenvalue weighted by atomic mass is 16.5. The number of morpholine rings is 1. The van der Waals surface area contributed by atoms with E-state index in [0.717, 1.165) is 11.3 Å². The van der Waals surface area contributed by atoms with Crippen LogP contribution in [-0.4, -0.2) is 48.8 Å². The summed E-state index contributed by atoms with van der Waals surface area (Å²) in [6, 6.07) is 12.8. The third-order valence-electron chi connectivity index (χ3n) is 5.16. The molecule has 1 aliphatic heterocycles. The normalized spacial score (nSPS) is 15.1. The second-order valence-corrected chi connectivity index (χ2v) is 7.15. The smallest absolute Gasteiger partial charge is 0.339 e. The van der Waals surface area contributed by atoms with Crippen molar-refractivity contribution in [2.45, 2.75) is 13.0 Å². The zero-order chi connectivity index (χ0) is 21.1. The number of methoxy groups -OCH3 is 1. The van der Waals surface area contributed by atoms with Crippen LogP contribution in [0.25, 0.3) is 5.65 Å². The van der Waals surface area contributed by atoms with E-state index in [9.17, 15) is 9.59 Å². The summed E-state index contributed by atoms with van der Waals surface area (Å²) in [4.78, 5) is 32.0. The number of ether oxygens (including phenoxy) is 2. The number of anilines is 2. The number of esters is 1. The number of nitrogens with zero attached hydrogens (tertiary/aromatic N) is 3. The van der Waals surface area contributed by atoms with Gasteiger partial charge in [0.2, 0.25) is 0 Å². The van der Waals surface area contributed by atoms with Gasteiger partial charge in [-0.1, -0.05) is 18.2 Å². The minimum absolute atomic E-state index is 0.209. The van der Waals surface area contributed by atoms with Crippen molar-refractivity contribution < 1.29 is 14.3 Å². The monoisotopic (exact) mass is 408 g/mol. The predicted octanol–water partition coefficient (Wildman–Crippen LogP) is 2.49. The molecule has 0 amide bonds. The van der Waals surface area contributed by atoms with Crippen molar-refractivity contribution in [3.63, 3.8) is 0 Å². The molecule has 30 heavy (non-hydrogen) atoms. The SMILES string of the molecule is COC(=O)c1cc(C(C)Nc2ccccc2)c2nc(N3CCOCC3)cc(=O)n2c1. The summed E-state index contributed by atoms with van der Waals surface area (Å²) in [5.74, 6) is 0.108. The molecule has 0 aliphatic carbocycles. The van der Waals surface area contributed by atoms with Gasteiger partial charge in [-0.2, -0.15) is 0 Å². The summed E-state index contributed by atoms with van der Waals surface area (Å²) in [5.41, 5.74) is 2.21. The lowest BCUT2D eigenvalue weighted by Gasteiger charge is -2.28. The van der Waals surface area contributed by atoms with E-state index in [1.165, 1.54) is 23.8 Å². The number of carbonyl (C=O) groups excluding carboxylic acids is 1. The van der Waals surface area contributed by atoms with Gasteiger partial charge in [-0.15, -0.1) is 0 Å². The van der Waals surface area contributed by atoms with E-state index < -0.39 is 5.97 Å². The molecule has 1 atom stereocenters. The van der Waals surface area contributed by atoms with Crippen LogP contribution in [0, 0.1) is 0 Å². The quantitative estimate of drug-likeness (QED) is 0.649. The van der Waals surface area contributed by atoms with Crippen LogP contribution in [0.4, 0.5) is 11.5 Å². The Bertz CT molecular complexity index is 1110. The van der Waals surface area contributed by atoms with Gasteiger partial charge in [0.15, 0.2) is 0 Å². The van der Waals surface area contributed by atoms with Gasteiger partial charge in [-0.25, -0.2) is 9.78 Å². The Hall–Kier alpha value is -3.39. The molecular formula is C22H24N4O4. The third-order valence-corrected chi connectivity index (χ3v) is 5.16. The summed E-state index contributed by atoms with van der Waals surface area (Å²) in [6.45, 7) is 4.52. The molecule has 8 nitrogen and oxygen atoms in total. The lowest BCUT2D eigenvalue weighted by Crippen LogP contribution is -2.37. The molecule has 3 heterocycles. The van der Waals surface area contributed by atoms with Crippen molar-refractivity contribution in [2.24, 2.45) is 0 Å². The molecule has 1 unspecified atom stereocenters. The van der Waals surface area contributed by atoms with Gasteiger partial charge in [0.05, 0.1) is 31.9 Å². The number of aromatic nitrogens is 2. The summed E-state index contributed by atoms with van der Waals surface area (Å²) in [7, 11) is 1.32. The molecule has 3 aromatic rings. The molecule has 1 aromatic carbocycles. The fraction of sp³-hybridized carbons (Fsp3) is 0.318. The largest absolute Gasteiger partial charge is 0.465 e. The predicted molar refractivity (Wildman–Crippen MR) is 114 cm³/mol. The van der Waals surface area contributed by atoms with Crippen molar-refractivity contribution in [1.29, 1.82) is 0 Å². The first-order chi connectivity index (χ1) is 14.6. The first-order valence-corrected chi connectivity index (χ1v) is 9.87. The molecule has 4 rings (SSSR count). The lowest BCUT2D eigenvalue weighted by atomic mass is 10.1. The minimum Gasteiger partial charge on any atom is -0.465 e. The molecule has 156 valence electrons. The Morgan fingerprint density at radius 1 is 1.20 bits per heavy atom. The second-order valence-electron chi connectivity index (χ2n) is 7.15. The molecule has 0 bridgehead atoms. The average molecular weight is 408 g/mol. The van der Waals surface area contributed by atoms with Crippen molar-refractivity contribution in [2.75, 3.05) is 43.6 Å². The Morgan fingerprint density at radius 3 is 2.63 bits per heavy atom. The number of benzene rings is 1. The maximum atomic E-state index is 12.9. The van der Waals surface area contributed by atoms with E-state index in [0.29, 0.717) is 43.3 Å². The number of hydrogen-bond donors (Lipinski definition) is 1. The highest BCUT2D eigenvalue weighted by Crippen LogP contribution is 2.25. The Kier molecular flexibility index (Phi) is 5.67. The first kappa shape index (κ1) is 19.9. The number of hydrogen-bond acceptors (Lipinski definition) is 7. The summed E-state index contributed by atoms with van der Waals surface area (Å²) < 4.78 is 11.7. The van der Waals surface area contributed by atoms with Crippen molar-refractivity contribution in [1.82, 2.24) is 9.38 Å². The first-order valence-electron chi connectivity index (χ1n) is 9.87. The van der Waals surface area contributed by atoms with Crippen LogP contribution in [0.2, 0.25) is 0 Å². The molecule has 1 N–H and O–H groups in total. The fourth-order valence-corrected chi connectivity index (χ4v) is 3.58. The van der Waals surface area contributed by atoms with Gasteiger partial charge in [-0.05, 0) is 25.1 Å². The molecule has 8 heteroatoms. The van der Waals surface area contributed by atoms with Crippen LogP contribution < -0.4 is 15.8 Å². The number of nitrogens with one attached hydrogen (secondary N) is 1. The van der Waals surface area contributed by atoms with Crippen molar-refractivity contribution >= 4 is 23.1 Å². The number of rotatable bonds is 5. The number of fused-ring (bicyclic) bond motifs is 1. The van der Waals surface area contributed by atoms with E-state index in [1.54, 1.807) is 6.07 Å². The Morgan fingerprint density at radius 2 is 1.93 bits per heavy atom. The molecule has 1 saturated heterocycles. The molecule has 0 radical (unpaired) electrons. The highest BCUT2D eigenvalue weighted by Gasteiger charge is 2.20. The zero-order valence-electron chi connectivity index (χ0n) is 17.0. The molecule has 1 fully saturated rings. The van der Waals surface area contributed by atoms with Gasteiger partial charge < -0.3 is 19.7 Å². The van der Waals surface area contributed by atoms with Crippen molar-refractivity contribution in [3.05, 3.63) is 70.1 Å². The van der Waals surface area contributed by atoms with Gasteiger partial charge in [0, 0.05) is 36.6 Å². The average Bonchev–Trinajstić information content (AvgIpc) is 2.79. The summed E-state index contributed by atoms with van der Waals surface area (Å²) in [5, 5.41) is 3.41. The third kappa shape index (κ3) is 3.99. The van der Waals surface area contributed by atoms with Crippen molar-refractivity contribution in [3.8, 4) is 0 Å². The second kappa shape index (κ2) is 8.54. The zero-order valence-corrected chi connectivity index (χ0v) is 17.0. The number of para-hydroxylation sites is 1. The molecular weight excluding hydrogens is 384 g/mol. The molecule has 1 aliphatic rings.